The zero-order valence-electron chi connectivity index (χ0n) is 45.1. The number of alkyl carbamates (subject to hydrolysis) is 1. The minimum absolute atomic E-state index is 0.0319. The first-order chi connectivity index (χ1) is 32.6. The van der Waals surface area contributed by atoms with Crippen molar-refractivity contribution in [2.24, 2.45) is 52.3 Å². The minimum atomic E-state index is -0.304. The van der Waals surface area contributed by atoms with Gasteiger partial charge in [0.05, 0.1) is 32.5 Å². The summed E-state index contributed by atoms with van der Waals surface area (Å²) in [6, 6.07) is 0. The van der Waals surface area contributed by atoms with Crippen LogP contribution in [0.3, 0.4) is 0 Å². The number of carbonyl (C=O) groups is 1. The first-order valence-electron chi connectivity index (χ1n) is 29.4. The zero-order valence-corrected chi connectivity index (χ0v) is 45.1. The average molecular weight is 938 g/mol. The quantitative estimate of drug-likeness (QED) is 0.0504. The van der Waals surface area contributed by atoms with Crippen molar-refractivity contribution in [1.29, 1.82) is 0 Å². The lowest BCUT2D eigenvalue weighted by atomic mass is 9.47. The van der Waals surface area contributed by atoms with Gasteiger partial charge >= 0.3 is 6.09 Å². The molecule has 1 saturated heterocycles. The van der Waals surface area contributed by atoms with Crippen molar-refractivity contribution in [3.8, 4) is 0 Å². The largest absolute Gasteiger partial charge is 0.446 e. The Bertz CT molecular complexity index is 1400. The van der Waals surface area contributed by atoms with Crippen LogP contribution in [0.15, 0.2) is 23.8 Å². The fraction of sp³-hybridized carbons (Fsp3) is 0.917. The van der Waals surface area contributed by atoms with Gasteiger partial charge in [0, 0.05) is 32.7 Å². The smallest absolute Gasteiger partial charge is 0.407 e. The van der Waals surface area contributed by atoms with Gasteiger partial charge in [-0.05, 0) is 149 Å². The molecule has 1 aliphatic heterocycles. The highest BCUT2D eigenvalue weighted by molar-refractivity contribution is 5.67. The number of ether oxygens (including phenoxy) is 4. The van der Waals surface area contributed by atoms with Crippen LogP contribution in [-0.2, 0) is 18.9 Å². The molecule has 67 heavy (non-hydrogen) atoms. The topological polar surface area (TPSA) is 69.3 Å². The van der Waals surface area contributed by atoms with E-state index in [0.717, 1.165) is 86.8 Å². The average Bonchev–Trinajstić information content (AvgIpc) is 3.91. The van der Waals surface area contributed by atoms with Gasteiger partial charge in [0.1, 0.15) is 6.10 Å². The number of hydrogen-bond donors (Lipinski definition) is 1. The van der Waals surface area contributed by atoms with E-state index in [1.165, 1.54) is 161 Å². The third-order valence-corrected chi connectivity index (χ3v) is 18.3. The first kappa shape index (κ1) is 56.5. The van der Waals surface area contributed by atoms with Crippen molar-refractivity contribution >= 4 is 6.09 Å². The molecule has 7 nitrogen and oxygen atoms in total. The van der Waals surface area contributed by atoms with E-state index in [0.29, 0.717) is 38.4 Å². The molecule has 3 saturated carbocycles. The summed E-state index contributed by atoms with van der Waals surface area (Å²) in [4.78, 5) is 15.6. The van der Waals surface area contributed by atoms with Gasteiger partial charge < -0.3 is 29.2 Å². The highest BCUT2D eigenvalue weighted by Gasteiger charge is 2.59. The molecule has 5 rings (SSSR count). The molecular weight excluding hydrogens is 829 g/mol. The predicted molar refractivity (Wildman–Crippen MR) is 282 cm³/mol. The van der Waals surface area contributed by atoms with Crippen molar-refractivity contribution in [1.82, 2.24) is 10.2 Å². The van der Waals surface area contributed by atoms with Crippen LogP contribution in [0.1, 0.15) is 228 Å². The van der Waals surface area contributed by atoms with E-state index in [4.69, 9.17) is 18.9 Å². The van der Waals surface area contributed by atoms with Crippen LogP contribution in [0.25, 0.3) is 0 Å². The molecule has 1 amide bonds. The molecule has 0 radical (unpaired) electrons. The highest BCUT2D eigenvalue weighted by Crippen LogP contribution is 2.67. The molecule has 0 spiro atoms. The van der Waals surface area contributed by atoms with Crippen LogP contribution >= 0.6 is 0 Å². The number of likely N-dealkylation sites (tertiary alicyclic amines) is 1. The van der Waals surface area contributed by atoms with E-state index >= 15 is 0 Å². The van der Waals surface area contributed by atoms with E-state index in [1.807, 2.05) is 0 Å². The van der Waals surface area contributed by atoms with Gasteiger partial charge in [0.2, 0.25) is 0 Å². The van der Waals surface area contributed by atoms with Crippen LogP contribution in [0.5, 0.6) is 0 Å². The molecule has 5 aliphatic rings. The first-order valence-corrected chi connectivity index (χ1v) is 29.4. The summed E-state index contributed by atoms with van der Waals surface area (Å²) < 4.78 is 24.6. The Morgan fingerprint density at radius 1 is 0.776 bits per heavy atom. The van der Waals surface area contributed by atoms with Gasteiger partial charge in [-0.25, -0.2) is 4.79 Å². The maximum Gasteiger partial charge on any atom is 0.407 e. The molecule has 10 unspecified atom stereocenters. The van der Waals surface area contributed by atoms with Crippen LogP contribution < -0.4 is 5.32 Å². The number of nitrogens with one attached hydrogen (secondary N) is 1. The van der Waals surface area contributed by atoms with Crippen molar-refractivity contribution in [2.45, 2.75) is 240 Å². The molecule has 388 valence electrons. The normalized spacial score (nSPS) is 29.5. The van der Waals surface area contributed by atoms with Gasteiger partial charge in [0.25, 0.3) is 0 Å². The summed E-state index contributed by atoms with van der Waals surface area (Å²) in [7, 11) is 0. The Balaban J connectivity index is 0.916. The fourth-order valence-corrected chi connectivity index (χ4v) is 14.4. The highest BCUT2D eigenvalue weighted by atomic mass is 16.6. The van der Waals surface area contributed by atoms with E-state index in [-0.39, 0.29) is 23.7 Å². The van der Waals surface area contributed by atoms with Crippen LogP contribution in [0.2, 0.25) is 0 Å². The Kier molecular flexibility index (Phi) is 26.3. The van der Waals surface area contributed by atoms with Gasteiger partial charge in [-0.15, -0.1) is 0 Å². The van der Waals surface area contributed by atoms with E-state index in [1.54, 1.807) is 5.57 Å². The Labute approximate surface area is 414 Å². The summed E-state index contributed by atoms with van der Waals surface area (Å²) in [6.45, 7) is 23.9. The lowest BCUT2D eigenvalue weighted by Crippen LogP contribution is -2.51. The number of amides is 1. The SMILES string of the molecule is CCCCCCCCC=CCCCCCCCCOCC(CN1CCC(CCC)C1)OCCOCCNC(=O)OC1CCC2(C)C(=CCC3C2CCC2(C)C(C(C)CCCC(C)C)CCC32)C1. The Morgan fingerprint density at radius 3 is 2.27 bits per heavy atom. The summed E-state index contributed by atoms with van der Waals surface area (Å²) >= 11 is 0. The van der Waals surface area contributed by atoms with Crippen LogP contribution in [0, 0.1) is 52.3 Å². The second-order valence-electron chi connectivity index (χ2n) is 23.8. The molecule has 0 aromatic heterocycles. The number of nitrogens with zero attached hydrogens (tertiary/aromatic N) is 1. The lowest BCUT2D eigenvalue weighted by Gasteiger charge is -2.58. The van der Waals surface area contributed by atoms with E-state index < -0.39 is 0 Å². The third kappa shape index (κ3) is 18.6. The molecule has 4 fully saturated rings. The van der Waals surface area contributed by atoms with Crippen molar-refractivity contribution in [2.75, 3.05) is 59.2 Å². The third-order valence-electron chi connectivity index (χ3n) is 18.3. The second-order valence-corrected chi connectivity index (χ2v) is 23.8. The van der Waals surface area contributed by atoms with Gasteiger partial charge in [-0.1, -0.05) is 156 Å². The maximum atomic E-state index is 13.0. The van der Waals surface area contributed by atoms with Crippen LogP contribution in [-0.4, -0.2) is 82.4 Å². The number of unbranched alkanes of at least 4 members (excludes halogenated alkanes) is 12. The number of allylic oxidation sites excluding steroid dienone is 3. The molecule has 0 aromatic carbocycles. The minimum Gasteiger partial charge on any atom is -0.446 e. The monoisotopic (exact) mass is 937 g/mol. The number of hydrogen-bond acceptors (Lipinski definition) is 6. The van der Waals surface area contributed by atoms with Crippen molar-refractivity contribution in [3.05, 3.63) is 23.8 Å². The van der Waals surface area contributed by atoms with Crippen molar-refractivity contribution < 1.29 is 23.7 Å². The summed E-state index contributed by atoms with van der Waals surface area (Å²) in [5, 5.41) is 2.98. The molecule has 4 aliphatic carbocycles. The van der Waals surface area contributed by atoms with Crippen molar-refractivity contribution in [3.63, 3.8) is 0 Å². The summed E-state index contributed by atoms with van der Waals surface area (Å²) in [5.74, 6) is 5.86. The van der Waals surface area contributed by atoms with Gasteiger partial charge in [-0.3, -0.25) is 0 Å². The number of carbonyl (C=O) groups excluding carboxylic acids is 1. The molecule has 10 atom stereocenters. The van der Waals surface area contributed by atoms with Gasteiger partial charge in [-0.2, -0.15) is 0 Å². The molecule has 1 heterocycles. The predicted octanol–water partition coefficient (Wildman–Crippen LogP) is 15.7. The number of rotatable bonds is 35. The summed E-state index contributed by atoms with van der Waals surface area (Å²) in [6.07, 6.45) is 43.6. The molecule has 0 bridgehead atoms. The second kappa shape index (κ2) is 31.1. The maximum absolute atomic E-state index is 13.0. The molecular formula is C60H108N2O5. The molecule has 1 N–H and O–H groups in total. The summed E-state index contributed by atoms with van der Waals surface area (Å²) in [5.41, 5.74) is 2.36. The van der Waals surface area contributed by atoms with Gasteiger partial charge in [0.15, 0.2) is 0 Å². The molecule has 7 heteroatoms. The Hall–Kier alpha value is -1.41. The van der Waals surface area contributed by atoms with E-state index in [9.17, 15) is 4.79 Å². The lowest BCUT2D eigenvalue weighted by molar-refractivity contribution is -0.0582. The number of fused-ring (bicyclic) bond motifs is 5. The fourth-order valence-electron chi connectivity index (χ4n) is 14.4. The van der Waals surface area contributed by atoms with E-state index in [2.05, 4.69) is 76.9 Å². The Morgan fingerprint density at radius 2 is 1.52 bits per heavy atom. The molecule has 0 aromatic rings. The van der Waals surface area contributed by atoms with Crippen LogP contribution in [0.4, 0.5) is 4.79 Å². The standard InChI is InChI=1S/C60H108N2O5/c1-8-10-11-12-13-14-15-16-17-18-19-20-21-22-23-24-40-65-47-53(46-62-39-35-50(45-62)26-9-2)66-43-42-64-41-38-61-58(63)67-52-33-36-59(6)51(44-52)29-30-54-56-32-31-55(49(5)28-25-27-48(3)4)60(56,7)37-34-57(54)59/h16-17,29,48-50,52-57H,8-15,18-28,30-47H2,1-7H3,(H,61,63). The zero-order chi connectivity index (χ0) is 47.7.